The number of carboxylic acid groups (broad SMARTS) is 1. The first-order chi connectivity index (χ1) is 12.4. The summed E-state index contributed by atoms with van der Waals surface area (Å²) >= 11 is 0. The van der Waals surface area contributed by atoms with Gasteiger partial charge in [-0.05, 0) is 58.2 Å². The molecule has 1 atom stereocenters. The van der Waals surface area contributed by atoms with E-state index >= 15 is 0 Å². The molecular weight excluding hydrogens is 374 g/mol. The second-order valence-electron chi connectivity index (χ2n) is 7.53. The summed E-state index contributed by atoms with van der Waals surface area (Å²) in [5.74, 6) is -1.55. The highest BCUT2D eigenvalue weighted by atomic mass is 32.2. The molecule has 0 saturated carbocycles. The molecule has 27 heavy (non-hydrogen) atoms. The van der Waals surface area contributed by atoms with Crippen LogP contribution in [0, 0.1) is 6.92 Å². The lowest BCUT2D eigenvalue weighted by atomic mass is 9.99. The molecule has 1 fully saturated rings. The van der Waals surface area contributed by atoms with Gasteiger partial charge in [-0.3, -0.25) is 4.90 Å². The number of hydrogen-bond donors (Lipinski definition) is 1. The third kappa shape index (κ3) is 4.78. The molecule has 1 aliphatic heterocycles. The van der Waals surface area contributed by atoms with Crippen LogP contribution in [0.1, 0.15) is 45.6 Å². The fourth-order valence-corrected chi connectivity index (χ4v) is 4.13. The van der Waals surface area contributed by atoms with Crippen molar-refractivity contribution in [1.29, 1.82) is 0 Å². The van der Waals surface area contributed by atoms with Crippen LogP contribution in [0.2, 0.25) is 0 Å². The van der Waals surface area contributed by atoms with Gasteiger partial charge in [0.15, 0.2) is 0 Å². The van der Waals surface area contributed by atoms with Gasteiger partial charge in [0.1, 0.15) is 5.60 Å². The van der Waals surface area contributed by atoms with Gasteiger partial charge in [-0.2, -0.15) is 8.42 Å². The van der Waals surface area contributed by atoms with Gasteiger partial charge in [0.05, 0.1) is 4.90 Å². The van der Waals surface area contributed by atoms with E-state index in [1.54, 1.807) is 33.8 Å². The van der Waals surface area contributed by atoms with Crippen molar-refractivity contribution in [3.63, 3.8) is 0 Å². The van der Waals surface area contributed by atoms with Crippen molar-refractivity contribution in [3.05, 3.63) is 29.8 Å². The molecule has 9 heteroatoms. The molecular formula is C18H25NO7S. The topological polar surface area (TPSA) is 110 Å². The van der Waals surface area contributed by atoms with Crippen LogP contribution in [0.3, 0.4) is 0 Å². The van der Waals surface area contributed by atoms with E-state index in [4.69, 9.17) is 8.92 Å². The molecule has 1 aromatic rings. The van der Waals surface area contributed by atoms with Crippen LogP contribution in [0.4, 0.5) is 4.79 Å². The molecule has 0 radical (unpaired) electrons. The minimum atomic E-state index is -4.43. The average molecular weight is 399 g/mol. The van der Waals surface area contributed by atoms with Gasteiger partial charge in [-0.1, -0.05) is 12.1 Å². The van der Waals surface area contributed by atoms with Crippen molar-refractivity contribution >= 4 is 22.2 Å². The summed E-state index contributed by atoms with van der Waals surface area (Å²) in [6.07, 6.45) is -0.173. The molecule has 0 spiro atoms. The fraction of sp³-hybridized carbons (Fsp3) is 0.556. The van der Waals surface area contributed by atoms with Crippen molar-refractivity contribution in [2.75, 3.05) is 6.54 Å². The smallest absolute Gasteiger partial charge is 0.413 e. The predicted molar refractivity (Wildman–Crippen MR) is 96.6 cm³/mol. The standard InChI is InChI=1S/C18H25NO7S/c1-13-8-7-9-14(12-13)27(23,24)26-18(15(20)21)10-5-6-11-19(18)16(22)25-17(2,3)4/h7-9,12H,5-6,10-11H2,1-4H3,(H,20,21)/t18-/m0/s1. The van der Waals surface area contributed by atoms with Crippen LogP contribution in [0.25, 0.3) is 0 Å². The number of rotatable bonds is 4. The van der Waals surface area contributed by atoms with Crippen LogP contribution in [0.5, 0.6) is 0 Å². The molecule has 0 aliphatic carbocycles. The zero-order chi connectivity index (χ0) is 20.5. The molecule has 2 rings (SSSR count). The van der Waals surface area contributed by atoms with Crippen molar-refractivity contribution in [2.24, 2.45) is 0 Å². The number of amides is 1. The van der Waals surface area contributed by atoms with Gasteiger partial charge in [-0.25, -0.2) is 13.8 Å². The Kier molecular flexibility index (Phi) is 5.86. The number of nitrogens with zero attached hydrogens (tertiary/aromatic N) is 1. The van der Waals surface area contributed by atoms with Gasteiger partial charge in [0, 0.05) is 13.0 Å². The van der Waals surface area contributed by atoms with E-state index in [1.807, 2.05) is 0 Å². The lowest BCUT2D eigenvalue weighted by Gasteiger charge is -2.42. The number of piperidine rings is 1. The first-order valence-electron chi connectivity index (χ1n) is 8.64. The second kappa shape index (κ2) is 7.47. The summed E-state index contributed by atoms with van der Waals surface area (Å²) in [7, 11) is -4.43. The largest absolute Gasteiger partial charge is 0.478 e. The zero-order valence-corrected chi connectivity index (χ0v) is 16.7. The number of ether oxygens (including phenoxy) is 1. The fourth-order valence-electron chi connectivity index (χ4n) is 2.85. The molecule has 0 aromatic heterocycles. The summed E-state index contributed by atoms with van der Waals surface area (Å²) < 4.78 is 36.0. The lowest BCUT2D eigenvalue weighted by Crippen LogP contribution is -2.62. The minimum absolute atomic E-state index is 0.0184. The van der Waals surface area contributed by atoms with E-state index in [9.17, 15) is 23.1 Å². The van der Waals surface area contributed by atoms with Gasteiger partial charge in [0.2, 0.25) is 0 Å². The maximum atomic E-state index is 12.8. The van der Waals surface area contributed by atoms with Crippen molar-refractivity contribution < 1.29 is 32.0 Å². The predicted octanol–water partition coefficient (Wildman–Crippen LogP) is 2.90. The second-order valence-corrected chi connectivity index (χ2v) is 9.08. The quantitative estimate of drug-likeness (QED) is 0.775. The van der Waals surface area contributed by atoms with E-state index in [1.165, 1.54) is 18.2 Å². The highest BCUT2D eigenvalue weighted by Gasteiger charge is 2.54. The molecule has 0 unspecified atom stereocenters. The van der Waals surface area contributed by atoms with Crippen molar-refractivity contribution in [1.82, 2.24) is 4.90 Å². The number of carbonyl (C=O) groups is 2. The maximum Gasteiger partial charge on any atom is 0.413 e. The number of aryl methyl sites for hydroxylation is 1. The summed E-state index contributed by atoms with van der Waals surface area (Å²) in [5, 5.41) is 9.83. The van der Waals surface area contributed by atoms with Crippen LogP contribution >= 0.6 is 0 Å². The normalized spacial score (nSPS) is 21.0. The molecule has 0 bridgehead atoms. The Hall–Kier alpha value is -2.13. The Morgan fingerprint density at radius 2 is 1.89 bits per heavy atom. The van der Waals surface area contributed by atoms with Gasteiger partial charge < -0.3 is 9.84 Å². The summed E-state index contributed by atoms with van der Waals surface area (Å²) in [5.41, 5.74) is -2.53. The molecule has 1 aromatic carbocycles. The van der Waals surface area contributed by atoms with Crippen molar-refractivity contribution in [3.8, 4) is 0 Å². The number of carboxylic acids is 1. The SMILES string of the molecule is Cc1cccc(S(=O)(=O)O[C@]2(C(=O)O)CCCCN2C(=O)OC(C)(C)C)c1. The Balaban J connectivity index is 2.45. The Bertz CT molecular complexity index is 828. The van der Waals surface area contributed by atoms with Gasteiger partial charge >= 0.3 is 12.1 Å². The van der Waals surface area contributed by atoms with Crippen LogP contribution in [-0.2, 0) is 23.8 Å². The van der Waals surface area contributed by atoms with E-state index in [-0.39, 0.29) is 17.9 Å². The monoisotopic (exact) mass is 399 g/mol. The average Bonchev–Trinajstić information content (AvgIpc) is 2.53. The third-order valence-corrected chi connectivity index (χ3v) is 5.38. The molecule has 1 amide bonds. The number of aliphatic carboxylic acids is 1. The summed E-state index contributed by atoms with van der Waals surface area (Å²) in [6.45, 7) is 6.65. The number of hydrogen-bond acceptors (Lipinski definition) is 6. The maximum absolute atomic E-state index is 12.8. The van der Waals surface area contributed by atoms with Crippen LogP contribution in [-0.4, -0.2) is 48.4 Å². The zero-order valence-electron chi connectivity index (χ0n) is 15.9. The molecule has 1 aliphatic rings. The molecule has 1 N–H and O–H groups in total. The highest BCUT2D eigenvalue weighted by Crippen LogP contribution is 2.34. The number of benzene rings is 1. The molecule has 8 nitrogen and oxygen atoms in total. The molecule has 150 valence electrons. The Morgan fingerprint density at radius 3 is 2.44 bits per heavy atom. The van der Waals surface area contributed by atoms with Crippen LogP contribution in [0.15, 0.2) is 29.2 Å². The Morgan fingerprint density at radius 1 is 1.22 bits per heavy atom. The third-order valence-electron chi connectivity index (χ3n) is 4.06. The molecule has 1 saturated heterocycles. The number of carbonyl (C=O) groups excluding carboxylic acids is 1. The summed E-state index contributed by atoms with van der Waals surface area (Å²) in [4.78, 5) is 25.4. The van der Waals surface area contributed by atoms with E-state index in [2.05, 4.69) is 0 Å². The molecule has 1 heterocycles. The van der Waals surface area contributed by atoms with E-state index in [0.29, 0.717) is 18.4 Å². The first kappa shape index (κ1) is 21.2. The van der Waals surface area contributed by atoms with E-state index in [0.717, 1.165) is 4.90 Å². The highest BCUT2D eigenvalue weighted by molar-refractivity contribution is 7.86. The van der Waals surface area contributed by atoms with Gasteiger partial charge in [0.25, 0.3) is 15.8 Å². The van der Waals surface area contributed by atoms with E-state index < -0.39 is 33.5 Å². The Labute approximate surface area is 159 Å². The van der Waals surface area contributed by atoms with Crippen molar-refractivity contribution in [2.45, 2.75) is 63.2 Å². The minimum Gasteiger partial charge on any atom is -0.478 e. The number of likely N-dealkylation sites (tertiary alicyclic amines) is 1. The first-order valence-corrected chi connectivity index (χ1v) is 10.0. The van der Waals surface area contributed by atoms with Crippen LogP contribution < -0.4 is 0 Å². The summed E-state index contributed by atoms with van der Waals surface area (Å²) in [6, 6.07) is 5.94. The van der Waals surface area contributed by atoms with Gasteiger partial charge in [-0.15, -0.1) is 0 Å². The lowest BCUT2D eigenvalue weighted by molar-refractivity contribution is -0.178.